The standard InChI is InChI=1S/C23H24N6O10/c1-4-9-27-14-17(25-20(24)26-18(14)30)28(21(27)31)19-16-15(38-23(2,3)39-16)13(37-19)10-35-22(32)36-12-7-5-11(6-8-12)29(33)34/h4-8,13,15-16,19H,1,9-10H2,2-3H3,(H3,24,25,26,30)/t13-,15-,16-,19-/m1/s1. The molecule has 0 spiro atoms. The second-order valence-electron chi connectivity index (χ2n) is 9.22. The highest BCUT2D eigenvalue weighted by Crippen LogP contribution is 2.43. The van der Waals surface area contributed by atoms with Gasteiger partial charge in [-0.3, -0.25) is 24.5 Å². The lowest BCUT2D eigenvalue weighted by Crippen LogP contribution is -2.34. The SMILES string of the molecule is C=CCn1c(=O)n([C@@H]2O[C@H](COC(=O)Oc3ccc([N+](=O)[O-])cc3)[C@H]3OC(C)(C)O[C@H]32)c2nc(N)[nH]c(=O)c21. The van der Waals surface area contributed by atoms with Crippen molar-refractivity contribution in [3.05, 3.63) is 67.9 Å². The molecule has 0 amide bonds. The smallest absolute Gasteiger partial charge is 0.431 e. The molecule has 0 radical (unpaired) electrons. The Hall–Kier alpha value is -4.54. The molecule has 4 atom stereocenters. The molecule has 4 heterocycles. The monoisotopic (exact) mass is 544 g/mol. The van der Waals surface area contributed by atoms with E-state index in [0.717, 1.165) is 4.57 Å². The van der Waals surface area contributed by atoms with Crippen LogP contribution < -0.4 is 21.7 Å². The fraction of sp³-hybridized carbons (Fsp3) is 0.391. The molecule has 5 rings (SSSR count). The number of aromatic amines is 1. The molecule has 3 N–H and O–H groups in total. The van der Waals surface area contributed by atoms with E-state index < -0.39 is 52.7 Å². The Balaban J connectivity index is 1.41. The molecule has 0 saturated carbocycles. The Morgan fingerprint density at radius 1 is 1.28 bits per heavy atom. The molecular weight excluding hydrogens is 520 g/mol. The van der Waals surface area contributed by atoms with Crippen molar-refractivity contribution in [2.75, 3.05) is 12.3 Å². The molecule has 2 aliphatic heterocycles. The number of nitrogens with two attached hydrogens (primary N) is 1. The summed E-state index contributed by atoms with van der Waals surface area (Å²) in [7, 11) is 0. The van der Waals surface area contributed by atoms with Crippen LogP contribution in [0, 0.1) is 10.1 Å². The molecule has 16 heteroatoms. The Morgan fingerprint density at radius 2 is 1.97 bits per heavy atom. The summed E-state index contributed by atoms with van der Waals surface area (Å²) in [6, 6.07) is 4.85. The van der Waals surface area contributed by atoms with Gasteiger partial charge in [0.05, 0.1) is 4.92 Å². The van der Waals surface area contributed by atoms with E-state index in [0.29, 0.717) is 0 Å². The van der Waals surface area contributed by atoms with Crippen LogP contribution in [0.2, 0.25) is 0 Å². The Morgan fingerprint density at radius 3 is 2.64 bits per heavy atom. The van der Waals surface area contributed by atoms with Gasteiger partial charge in [-0.25, -0.2) is 14.2 Å². The number of nitrogen functional groups attached to an aromatic ring is 1. The van der Waals surface area contributed by atoms with Gasteiger partial charge in [-0.05, 0) is 26.0 Å². The third-order valence-corrected chi connectivity index (χ3v) is 6.14. The minimum atomic E-state index is -1.12. The van der Waals surface area contributed by atoms with Crippen molar-refractivity contribution in [3.8, 4) is 5.75 Å². The zero-order chi connectivity index (χ0) is 28.1. The fourth-order valence-corrected chi connectivity index (χ4v) is 4.64. The molecule has 0 aliphatic carbocycles. The van der Waals surface area contributed by atoms with Crippen LogP contribution >= 0.6 is 0 Å². The summed E-state index contributed by atoms with van der Waals surface area (Å²) in [6.07, 6.45) is -3.29. The number of non-ortho nitro benzene ring substituents is 1. The predicted molar refractivity (Wildman–Crippen MR) is 132 cm³/mol. The second-order valence-corrected chi connectivity index (χ2v) is 9.22. The number of imidazole rings is 1. The van der Waals surface area contributed by atoms with E-state index in [1.165, 1.54) is 34.9 Å². The summed E-state index contributed by atoms with van der Waals surface area (Å²) >= 11 is 0. The molecule has 3 aromatic rings. The number of hydrogen-bond acceptors (Lipinski definition) is 12. The van der Waals surface area contributed by atoms with Crippen LogP contribution in [0.5, 0.6) is 5.75 Å². The average Bonchev–Trinajstić information content (AvgIpc) is 3.44. The van der Waals surface area contributed by atoms with Crippen LogP contribution in [0.15, 0.2) is 46.5 Å². The fourth-order valence-electron chi connectivity index (χ4n) is 4.64. The lowest BCUT2D eigenvalue weighted by molar-refractivity contribution is -0.384. The highest BCUT2D eigenvalue weighted by molar-refractivity contribution is 5.72. The number of nitrogens with zero attached hydrogens (tertiary/aromatic N) is 4. The van der Waals surface area contributed by atoms with E-state index in [9.17, 15) is 24.5 Å². The maximum Gasteiger partial charge on any atom is 0.513 e. The summed E-state index contributed by atoms with van der Waals surface area (Å²) < 4.78 is 30.7. The van der Waals surface area contributed by atoms with Crippen molar-refractivity contribution in [1.29, 1.82) is 0 Å². The van der Waals surface area contributed by atoms with Crippen molar-refractivity contribution in [2.45, 2.75) is 50.7 Å². The average molecular weight is 544 g/mol. The van der Waals surface area contributed by atoms with Gasteiger partial charge in [-0.2, -0.15) is 4.98 Å². The number of H-pyrrole nitrogens is 1. The highest BCUT2D eigenvalue weighted by atomic mass is 16.8. The number of carbonyl (C=O) groups excluding carboxylic acids is 1. The number of fused-ring (bicyclic) bond motifs is 2. The number of allylic oxidation sites excluding steroid dienone is 1. The van der Waals surface area contributed by atoms with E-state index >= 15 is 0 Å². The van der Waals surface area contributed by atoms with Crippen molar-refractivity contribution in [2.24, 2.45) is 0 Å². The summed E-state index contributed by atoms with van der Waals surface area (Å²) in [5.41, 5.74) is 4.29. The number of carbonyl (C=O) groups is 1. The van der Waals surface area contributed by atoms with Gasteiger partial charge in [-0.1, -0.05) is 6.08 Å². The van der Waals surface area contributed by atoms with E-state index in [1.807, 2.05) is 0 Å². The third kappa shape index (κ3) is 4.75. The maximum absolute atomic E-state index is 13.4. The van der Waals surface area contributed by atoms with Gasteiger partial charge in [0.1, 0.15) is 30.7 Å². The van der Waals surface area contributed by atoms with Crippen molar-refractivity contribution < 1.29 is 33.4 Å². The number of aromatic nitrogens is 4. The molecule has 0 unspecified atom stereocenters. The number of nitro groups is 1. The van der Waals surface area contributed by atoms with Gasteiger partial charge >= 0.3 is 11.8 Å². The number of nitrogens with one attached hydrogen (secondary N) is 1. The molecule has 16 nitrogen and oxygen atoms in total. The molecule has 206 valence electrons. The molecule has 2 saturated heterocycles. The van der Waals surface area contributed by atoms with Crippen LogP contribution in [0.4, 0.5) is 16.4 Å². The first-order chi connectivity index (χ1) is 18.5. The van der Waals surface area contributed by atoms with Crippen LogP contribution in [-0.4, -0.2) is 60.9 Å². The lowest BCUT2D eigenvalue weighted by Gasteiger charge is -2.24. The van der Waals surface area contributed by atoms with Crippen LogP contribution in [0.25, 0.3) is 11.2 Å². The quantitative estimate of drug-likeness (QED) is 0.141. The van der Waals surface area contributed by atoms with Crippen LogP contribution in [-0.2, 0) is 25.5 Å². The first-order valence-corrected chi connectivity index (χ1v) is 11.7. The first kappa shape index (κ1) is 26.1. The number of ether oxygens (including phenoxy) is 5. The minimum absolute atomic E-state index is 0.0156. The zero-order valence-electron chi connectivity index (χ0n) is 20.8. The van der Waals surface area contributed by atoms with Gasteiger partial charge in [-0.15, -0.1) is 6.58 Å². The molecule has 2 aromatic heterocycles. The number of rotatable bonds is 7. The number of benzene rings is 1. The van der Waals surface area contributed by atoms with Crippen LogP contribution in [0.1, 0.15) is 20.1 Å². The number of anilines is 1. The lowest BCUT2D eigenvalue weighted by atomic mass is 10.1. The summed E-state index contributed by atoms with van der Waals surface area (Å²) in [4.78, 5) is 55.2. The molecule has 0 bridgehead atoms. The molecule has 2 fully saturated rings. The minimum Gasteiger partial charge on any atom is -0.431 e. The topological polar surface area (TPSA) is 205 Å². The molecule has 1 aromatic carbocycles. The van der Waals surface area contributed by atoms with E-state index in [4.69, 9.17) is 29.4 Å². The van der Waals surface area contributed by atoms with E-state index in [1.54, 1.807) is 13.8 Å². The molecular formula is C23H24N6O10. The zero-order valence-corrected chi connectivity index (χ0v) is 20.8. The summed E-state index contributed by atoms with van der Waals surface area (Å²) in [5.74, 6) is -1.24. The Labute approximate surface area is 218 Å². The normalized spacial score (nSPS) is 23.4. The van der Waals surface area contributed by atoms with Gasteiger partial charge < -0.3 is 29.4 Å². The maximum atomic E-state index is 13.4. The third-order valence-electron chi connectivity index (χ3n) is 6.14. The number of hydrogen-bond donors (Lipinski definition) is 2. The first-order valence-electron chi connectivity index (χ1n) is 11.7. The van der Waals surface area contributed by atoms with Crippen molar-refractivity contribution >= 4 is 29.0 Å². The van der Waals surface area contributed by atoms with Gasteiger partial charge in [0, 0.05) is 18.7 Å². The van der Waals surface area contributed by atoms with E-state index in [-0.39, 0.29) is 41.7 Å². The van der Waals surface area contributed by atoms with Gasteiger partial charge in [0.2, 0.25) is 5.95 Å². The van der Waals surface area contributed by atoms with Crippen molar-refractivity contribution in [1.82, 2.24) is 19.1 Å². The Kier molecular flexibility index (Phi) is 6.45. The Bertz CT molecular complexity index is 1570. The van der Waals surface area contributed by atoms with Gasteiger partial charge in [0.15, 0.2) is 23.2 Å². The molecule has 39 heavy (non-hydrogen) atoms. The predicted octanol–water partition coefficient (Wildman–Crippen LogP) is 1.20. The molecule has 2 aliphatic rings. The van der Waals surface area contributed by atoms with Crippen molar-refractivity contribution in [3.63, 3.8) is 0 Å². The number of nitro benzene ring substituents is 1. The largest absolute Gasteiger partial charge is 0.513 e. The highest BCUT2D eigenvalue weighted by Gasteiger charge is 2.57. The van der Waals surface area contributed by atoms with E-state index in [2.05, 4.69) is 16.5 Å². The summed E-state index contributed by atoms with van der Waals surface area (Å²) in [6.45, 7) is 6.65. The van der Waals surface area contributed by atoms with Crippen LogP contribution in [0.3, 0.4) is 0 Å². The van der Waals surface area contributed by atoms with Gasteiger partial charge in [0.25, 0.3) is 11.2 Å². The summed E-state index contributed by atoms with van der Waals surface area (Å²) in [5, 5.41) is 10.8. The second kappa shape index (κ2) is 9.64.